The summed E-state index contributed by atoms with van der Waals surface area (Å²) in [6.45, 7) is 4.49. The summed E-state index contributed by atoms with van der Waals surface area (Å²) in [6, 6.07) is 4.40. The molecule has 0 saturated heterocycles. The van der Waals surface area contributed by atoms with Gasteiger partial charge in [0.2, 0.25) is 10.0 Å². The van der Waals surface area contributed by atoms with Crippen molar-refractivity contribution in [3.05, 3.63) is 28.2 Å². The normalized spacial score (nSPS) is 12.1. The zero-order valence-electron chi connectivity index (χ0n) is 10.4. The van der Waals surface area contributed by atoms with Crippen molar-refractivity contribution in [1.82, 2.24) is 4.72 Å². The first-order valence-corrected chi connectivity index (χ1v) is 8.09. The lowest BCUT2D eigenvalue weighted by molar-refractivity contribution is 0.479. The third-order valence-electron chi connectivity index (χ3n) is 2.90. The molecule has 0 saturated carbocycles. The van der Waals surface area contributed by atoms with E-state index < -0.39 is 10.0 Å². The molecule has 1 N–H and O–H groups in total. The lowest BCUT2D eigenvalue weighted by atomic mass is 10.0. The molecule has 0 aliphatic rings. The standard InChI is InChI=1S/C12H17Cl2NO2S/c1-3-9(4-2)8-15-18(16,17)12-7-10(13)5-6-11(12)14/h5-7,9,15H,3-4,8H2,1-2H3. The van der Waals surface area contributed by atoms with Gasteiger partial charge in [0.25, 0.3) is 0 Å². The quantitative estimate of drug-likeness (QED) is 0.870. The van der Waals surface area contributed by atoms with Gasteiger partial charge in [0, 0.05) is 11.6 Å². The fourth-order valence-corrected chi connectivity index (χ4v) is 3.44. The van der Waals surface area contributed by atoms with Crippen molar-refractivity contribution >= 4 is 33.2 Å². The van der Waals surface area contributed by atoms with Crippen LogP contribution in [0.4, 0.5) is 0 Å². The molecule has 102 valence electrons. The molecule has 18 heavy (non-hydrogen) atoms. The second kappa shape index (κ2) is 6.75. The van der Waals surface area contributed by atoms with Crippen molar-refractivity contribution in [2.75, 3.05) is 6.54 Å². The van der Waals surface area contributed by atoms with E-state index in [9.17, 15) is 8.42 Å². The van der Waals surface area contributed by atoms with Gasteiger partial charge in [0.1, 0.15) is 4.90 Å². The Morgan fingerprint density at radius 1 is 1.22 bits per heavy atom. The van der Waals surface area contributed by atoms with Crippen molar-refractivity contribution in [3.63, 3.8) is 0 Å². The average molecular weight is 310 g/mol. The zero-order valence-corrected chi connectivity index (χ0v) is 12.7. The molecule has 0 fully saturated rings. The van der Waals surface area contributed by atoms with Crippen LogP contribution < -0.4 is 4.72 Å². The van der Waals surface area contributed by atoms with Gasteiger partial charge in [-0.1, -0.05) is 49.9 Å². The number of nitrogens with one attached hydrogen (secondary N) is 1. The van der Waals surface area contributed by atoms with E-state index in [0.29, 0.717) is 17.5 Å². The van der Waals surface area contributed by atoms with Crippen LogP contribution in [0.1, 0.15) is 26.7 Å². The Morgan fingerprint density at radius 3 is 2.39 bits per heavy atom. The van der Waals surface area contributed by atoms with Gasteiger partial charge in [0.15, 0.2) is 0 Å². The number of sulfonamides is 1. The molecule has 0 heterocycles. The number of hydrogen-bond donors (Lipinski definition) is 1. The zero-order chi connectivity index (χ0) is 13.8. The number of hydrogen-bond acceptors (Lipinski definition) is 2. The van der Waals surface area contributed by atoms with Gasteiger partial charge in [-0.05, 0) is 24.1 Å². The van der Waals surface area contributed by atoms with Crippen LogP contribution in [0.2, 0.25) is 10.0 Å². The number of halogens is 2. The molecule has 0 unspecified atom stereocenters. The van der Waals surface area contributed by atoms with Crippen LogP contribution in [0.3, 0.4) is 0 Å². The van der Waals surface area contributed by atoms with E-state index in [-0.39, 0.29) is 9.92 Å². The van der Waals surface area contributed by atoms with E-state index >= 15 is 0 Å². The van der Waals surface area contributed by atoms with Crippen molar-refractivity contribution in [2.45, 2.75) is 31.6 Å². The minimum Gasteiger partial charge on any atom is -0.211 e. The topological polar surface area (TPSA) is 46.2 Å². The lowest BCUT2D eigenvalue weighted by Crippen LogP contribution is -2.29. The molecule has 6 heteroatoms. The van der Waals surface area contributed by atoms with Crippen molar-refractivity contribution in [2.24, 2.45) is 5.92 Å². The second-order valence-corrected chi connectivity index (χ2v) is 6.69. The van der Waals surface area contributed by atoms with E-state index in [0.717, 1.165) is 12.8 Å². The second-order valence-electron chi connectivity index (χ2n) is 4.11. The fraction of sp³-hybridized carbons (Fsp3) is 0.500. The van der Waals surface area contributed by atoms with Crippen LogP contribution >= 0.6 is 23.2 Å². The first kappa shape index (κ1) is 15.8. The third-order valence-corrected chi connectivity index (χ3v) is 5.04. The highest BCUT2D eigenvalue weighted by molar-refractivity contribution is 7.89. The van der Waals surface area contributed by atoms with Crippen molar-refractivity contribution < 1.29 is 8.42 Å². The molecule has 1 aromatic rings. The van der Waals surface area contributed by atoms with E-state index in [1.54, 1.807) is 6.07 Å². The summed E-state index contributed by atoms with van der Waals surface area (Å²) < 4.78 is 26.7. The molecule has 1 rings (SSSR count). The molecule has 0 bridgehead atoms. The maximum atomic E-state index is 12.1. The molecular weight excluding hydrogens is 293 g/mol. The molecule has 0 aliphatic heterocycles. The highest BCUT2D eigenvalue weighted by Crippen LogP contribution is 2.24. The van der Waals surface area contributed by atoms with Gasteiger partial charge in [-0.15, -0.1) is 0 Å². The summed E-state index contributed by atoms with van der Waals surface area (Å²) in [5.74, 6) is 0.331. The summed E-state index contributed by atoms with van der Waals surface area (Å²) in [5, 5.41) is 0.527. The predicted molar refractivity (Wildman–Crippen MR) is 75.7 cm³/mol. The minimum absolute atomic E-state index is 0.0302. The molecule has 0 amide bonds. The lowest BCUT2D eigenvalue weighted by Gasteiger charge is -2.14. The summed E-state index contributed by atoms with van der Waals surface area (Å²) in [5.41, 5.74) is 0. The first-order valence-electron chi connectivity index (χ1n) is 5.85. The Hall–Kier alpha value is -0.290. The Kier molecular flexibility index (Phi) is 5.92. The smallest absolute Gasteiger partial charge is 0.211 e. The van der Waals surface area contributed by atoms with E-state index in [1.165, 1.54) is 12.1 Å². The van der Waals surface area contributed by atoms with Crippen LogP contribution in [-0.2, 0) is 10.0 Å². The van der Waals surface area contributed by atoms with E-state index in [1.807, 2.05) is 13.8 Å². The van der Waals surface area contributed by atoms with Crippen molar-refractivity contribution in [1.29, 1.82) is 0 Å². The van der Waals surface area contributed by atoms with Crippen molar-refractivity contribution in [3.8, 4) is 0 Å². The van der Waals surface area contributed by atoms with E-state index in [4.69, 9.17) is 23.2 Å². The summed E-state index contributed by atoms with van der Waals surface area (Å²) in [7, 11) is -3.60. The molecule has 3 nitrogen and oxygen atoms in total. The Bertz CT molecular complexity index is 499. The van der Waals surface area contributed by atoms with Crippen LogP contribution in [-0.4, -0.2) is 15.0 Å². The summed E-state index contributed by atoms with van der Waals surface area (Å²) in [6.07, 6.45) is 1.87. The Labute approximate surface area is 119 Å². The third kappa shape index (κ3) is 4.12. The number of benzene rings is 1. The van der Waals surface area contributed by atoms with Gasteiger partial charge in [-0.2, -0.15) is 0 Å². The van der Waals surface area contributed by atoms with Gasteiger partial charge in [-0.25, -0.2) is 13.1 Å². The minimum atomic E-state index is -3.60. The maximum absolute atomic E-state index is 12.1. The molecule has 0 atom stereocenters. The average Bonchev–Trinajstić information content (AvgIpc) is 2.33. The maximum Gasteiger partial charge on any atom is 0.242 e. The SMILES string of the molecule is CCC(CC)CNS(=O)(=O)c1cc(Cl)ccc1Cl. The van der Waals surface area contributed by atoms with Gasteiger partial charge in [0.05, 0.1) is 5.02 Å². The number of rotatable bonds is 6. The highest BCUT2D eigenvalue weighted by atomic mass is 35.5. The van der Waals surface area contributed by atoms with Crippen LogP contribution in [0.15, 0.2) is 23.1 Å². The summed E-state index contributed by atoms with van der Waals surface area (Å²) in [4.78, 5) is 0.0302. The largest absolute Gasteiger partial charge is 0.242 e. The van der Waals surface area contributed by atoms with E-state index in [2.05, 4.69) is 4.72 Å². The van der Waals surface area contributed by atoms with Crippen LogP contribution in [0, 0.1) is 5.92 Å². The van der Waals surface area contributed by atoms with Gasteiger partial charge < -0.3 is 0 Å². The highest BCUT2D eigenvalue weighted by Gasteiger charge is 2.19. The molecule has 1 aromatic carbocycles. The molecular formula is C12H17Cl2NO2S. The Balaban J connectivity index is 2.89. The van der Waals surface area contributed by atoms with Gasteiger partial charge >= 0.3 is 0 Å². The molecule has 0 radical (unpaired) electrons. The molecule has 0 aliphatic carbocycles. The monoisotopic (exact) mass is 309 g/mol. The Morgan fingerprint density at radius 2 is 1.83 bits per heavy atom. The van der Waals surface area contributed by atoms with Crippen LogP contribution in [0.5, 0.6) is 0 Å². The predicted octanol–water partition coefficient (Wildman–Crippen LogP) is 3.71. The van der Waals surface area contributed by atoms with Gasteiger partial charge in [-0.3, -0.25) is 0 Å². The summed E-state index contributed by atoms with van der Waals surface area (Å²) >= 11 is 11.7. The van der Waals surface area contributed by atoms with Crippen LogP contribution in [0.25, 0.3) is 0 Å². The fourth-order valence-electron chi connectivity index (χ4n) is 1.57. The molecule has 0 spiro atoms. The first-order chi connectivity index (χ1) is 8.40. The molecule has 0 aromatic heterocycles.